The summed E-state index contributed by atoms with van der Waals surface area (Å²) in [5.41, 5.74) is 0. The average Bonchev–Trinajstić information content (AvgIpc) is 2.75. The highest BCUT2D eigenvalue weighted by Gasteiger charge is 2.21. The minimum Gasteiger partial charge on any atom is -0.357 e. The van der Waals surface area contributed by atoms with Crippen molar-refractivity contribution >= 4 is 28.7 Å². The number of anilines is 1. The molecule has 1 unspecified atom stereocenters. The number of aromatic amines is 1. The van der Waals surface area contributed by atoms with Crippen molar-refractivity contribution in [3.63, 3.8) is 0 Å². The SMILES string of the molecule is CC(Nc1n[nH]c(=S)s1)C1CCCC1. The van der Waals surface area contributed by atoms with Crippen LogP contribution >= 0.6 is 23.6 Å². The van der Waals surface area contributed by atoms with E-state index in [1.54, 1.807) is 0 Å². The molecule has 1 saturated carbocycles. The number of hydrogen-bond donors (Lipinski definition) is 2. The van der Waals surface area contributed by atoms with Gasteiger partial charge in [-0.25, -0.2) is 0 Å². The molecule has 14 heavy (non-hydrogen) atoms. The van der Waals surface area contributed by atoms with E-state index >= 15 is 0 Å². The summed E-state index contributed by atoms with van der Waals surface area (Å²) in [5, 5.41) is 11.2. The lowest BCUT2D eigenvalue weighted by atomic mass is 10.0. The van der Waals surface area contributed by atoms with Gasteiger partial charge in [-0.05, 0) is 37.9 Å². The van der Waals surface area contributed by atoms with Crippen molar-refractivity contribution in [3.8, 4) is 0 Å². The summed E-state index contributed by atoms with van der Waals surface area (Å²) >= 11 is 6.49. The Kier molecular flexibility index (Phi) is 3.18. The van der Waals surface area contributed by atoms with Crippen molar-refractivity contribution < 1.29 is 0 Å². The number of nitrogens with zero attached hydrogens (tertiary/aromatic N) is 1. The van der Waals surface area contributed by atoms with Crippen molar-refractivity contribution in [2.24, 2.45) is 5.92 Å². The summed E-state index contributed by atoms with van der Waals surface area (Å²) in [4.78, 5) is 0. The Balaban J connectivity index is 1.93. The van der Waals surface area contributed by atoms with E-state index < -0.39 is 0 Å². The third-order valence-electron chi connectivity index (χ3n) is 2.90. The van der Waals surface area contributed by atoms with Gasteiger partial charge in [-0.2, -0.15) is 0 Å². The van der Waals surface area contributed by atoms with Crippen LogP contribution in [0.1, 0.15) is 32.6 Å². The van der Waals surface area contributed by atoms with Crippen molar-refractivity contribution in [1.29, 1.82) is 0 Å². The van der Waals surface area contributed by atoms with E-state index in [-0.39, 0.29) is 0 Å². The first kappa shape index (κ1) is 10.1. The molecule has 1 aliphatic rings. The van der Waals surface area contributed by atoms with Crippen LogP contribution in [0.15, 0.2) is 0 Å². The molecule has 2 rings (SSSR count). The standard InChI is InChI=1S/C9H15N3S2/c1-6(7-4-2-3-5-7)10-8-11-12-9(13)14-8/h6-7H,2-5H2,1H3,(H,10,11)(H,12,13). The van der Waals surface area contributed by atoms with Gasteiger partial charge in [0.1, 0.15) is 0 Å². The average molecular weight is 229 g/mol. The van der Waals surface area contributed by atoms with E-state index in [4.69, 9.17) is 12.2 Å². The number of nitrogens with one attached hydrogen (secondary N) is 2. The van der Waals surface area contributed by atoms with Crippen LogP contribution in [0.25, 0.3) is 0 Å². The summed E-state index contributed by atoms with van der Waals surface area (Å²) in [6.45, 7) is 2.24. The van der Waals surface area contributed by atoms with E-state index in [1.165, 1.54) is 37.0 Å². The Labute approximate surface area is 92.9 Å². The zero-order valence-electron chi connectivity index (χ0n) is 8.25. The molecule has 1 aromatic heterocycles. The number of rotatable bonds is 3. The van der Waals surface area contributed by atoms with Gasteiger partial charge in [-0.15, -0.1) is 5.10 Å². The first-order chi connectivity index (χ1) is 6.75. The molecular formula is C9H15N3S2. The van der Waals surface area contributed by atoms with E-state index in [9.17, 15) is 0 Å². The Bertz CT molecular complexity index is 338. The second-order valence-corrected chi connectivity index (χ2v) is 5.56. The molecule has 78 valence electrons. The van der Waals surface area contributed by atoms with Crippen LogP contribution < -0.4 is 5.32 Å². The molecule has 2 N–H and O–H groups in total. The summed E-state index contributed by atoms with van der Waals surface area (Å²) in [7, 11) is 0. The number of aromatic nitrogens is 2. The maximum Gasteiger partial charge on any atom is 0.204 e. The predicted octanol–water partition coefficient (Wildman–Crippen LogP) is 3.19. The van der Waals surface area contributed by atoms with E-state index in [1.807, 2.05) is 0 Å². The third-order valence-corrected chi connectivity index (χ3v) is 3.92. The maximum absolute atomic E-state index is 4.98. The van der Waals surface area contributed by atoms with E-state index in [2.05, 4.69) is 22.4 Å². The molecule has 1 heterocycles. The molecule has 0 bridgehead atoms. The molecule has 1 fully saturated rings. The minimum atomic E-state index is 0.520. The summed E-state index contributed by atoms with van der Waals surface area (Å²) in [5.74, 6) is 0.812. The summed E-state index contributed by atoms with van der Waals surface area (Å²) in [6, 6.07) is 0.520. The molecule has 0 radical (unpaired) electrons. The van der Waals surface area contributed by atoms with Gasteiger partial charge in [0.2, 0.25) is 5.13 Å². The highest BCUT2D eigenvalue weighted by molar-refractivity contribution is 7.73. The van der Waals surface area contributed by atoms with Gasteiger partial charge in [0.15, 0.2) is 3.95 Å². The summed E-state index contributed by atoms with van der Waals surface area (Å²) < 4.78 is 0.742. The molecule has 1 aromatic rings. The van der Waals surface area contributed by atoms with E-state index in [0.717, 1.165) is 15.0 Å². The fraction of sp³-hybridized carbons (Fsp3) is 0.778. The van der Waals surface area contributed by atoms with Gasteiger partial charge >= 0.3 is 0 Å². The highest BCUT2D eigenvalue weighted by atomic mass is 32.1. The van der Waals surface area contributed by atoms with Gasteiger partial charge in [0, 0.05) is 6.04 Å². The quantitative estimate of drug-likeness (QED) is 0.782. The molecule has 5 heteroatoms. The fourth-order valence-corrected chi connectivity index (χ4v) is 2.95. The Morgan fingerprint density at radius 2 is 2.29 bits per heavy atom. The van der Waals surface area contributed by atoms with Crippen LogP contribution in [0.5, 0.6) is 0 Å². The molecule has 0 aliphatic heterocycles. The molecule has 0 amide bonds. The number of H-pyrrole nitrogens is 1. The number of hydrogen-bond acceptors (Lipinski definition) is 4. The Morgan fingerprint density at radius 1 is 1.57 bits per heavy atom. The molecule has 3 nitrogen and oxygen atoms in total. The maximum atomic E-state index is 4.98. The Hall–Kier alpha value is -0.420. The third kappa shape index (κ3) is 2.33. The van der Waals surface area contributed by atoms with Crippen molar-refractivity contribution in [2.75, 3.05) is 5.32 Å². The molecule has 1 atom stereocenters. The topological polar surface area (TPSA) is 40.7 Å². The van der Waals surface area contributed by atoms with E-state index in [0.29, 0.717) is 6.04 Å². The fourth-order valence-electron chi connectivity index (χ4n) is 2.06. The zero-order chi connectivity index (χ0) is 9.97. The van der Waals surface area contributed by atoms with Crippen LogP contribution in [0.2, 0.25) is 0 Å². The zero-order valence-corrected chi connectivity index (χ0v) is 9.88. The highest BCUT2D eigenvalue weighted by Crippen LogP contribution is 2.29. The van der Waals surface area contributed by atoms with Crippen LogP contribution in [0.4, 0.5) is 5.13 Å². The summed E-state index contributed by atoms with van der Waals surface area (Å²) in [6.07, 6.45) is 5.47. The van der Waals surface area contributed by atoms with Gasteiger partial charge in [0.05, 0.1) is 0 Å². The van der Waals surface area contributed by atoms with Crippen LogP contribution in [-0.2, 0) is 0 Å². The lowest BCUT2D eigenvalue weighted by Crippen LogP contribution is -2.23. The second-order valence-electron chi connectivity index (χ2n) is 3.90. The normalized spacial score (nSPS) is 19.8. The van der Waals surface area contributed by atoms with Crippen molar-refractivity contribution in [1.82, 2.24) is 10.2 Å². The molecule has 0 spiro atoms. The smallest absolute Gasteiger partial charge is 0.204 e. The van der Waals surface area contributed by atoms with Gasteiger partial charge in [-0.3, -0.25) is 5.10 Å². The van der Waals surface area contributed by atoms with Crippen molar-refractivity contribution in [2.45, 2.75) is 38.6 Å². The first-order valence-electron chi connectivity index (χ1n) is 5.08. The van der Waals surface area contributed by atoms with Crippen molar-refractivity contribution in [3.05, 3.63) is 3.95 Å². The van der Waals surface area contributed by atoms with Gasteiger partial charge < -0.3 is 5.32 Å². The minimum absolute atomic E-state index is 0.520. The van der Waals surface area contributed by atoms with Crippen LogP contribution in [0.3, 0.4) is 0 Å². The predicted molar refractivity (Wildman–Crippen MR) is 62.3 cm³/mol. The molecule has 1 aliphatic carbocycles. The largest absolute Gasteiger partial charge is 0.357 e. The van der Waals surface area contributed by atoms with Crippen LogP contribution in [0, 0.1) is 9.87 Å². The Morgan fingerprint density at radius 3 is 2.86 bits per heavy atom. The molecule has 0 saturated heterocycles. The second kappa shape index (κ2) is 4.40. The first-order valence-corrected chi connectivity index (χ1v) is 6.30. The van der Waals surface area contributed by atoms with Gasteiger partial charge in [-0.1, -0.05) is 24.2 Å². The lowest BCUT2D eigenvalue weighted by molar-refractivity contribution is 0.482. The lowest BCUT2D eigenvalue weighted by Gasteiger charge is -2.19. The molecular weight excluding hydrogens is 214 g/mol. The monoisotopic (exact) mass is 229 g/mol. The van der Waals surface area contributed by atoms with Crippen LogP contribution in [-0.4, -0.2) is 16.2 Å². The molecule has 0 aromatic carbocycles. The van der Waals surface area contributed by atoms with Gasteiger partial charge in [0.25, 0.3) is 0 Å².